The SMILES string of the molecule is Cc1ccc(C)c(NC(=O)CCSc2ccc3ccccc3n2)c1. The Hall–Kier alpha value is -2.33. The molecule has 3 nitrogen and oxygen atoms in total. The van der Waals surface area contributed by atoms with Crippen LogP contribution in [0.2, 0.25) is 0 Å². The molecule has 24 heavy (non-hydrogen) atoms. The maximum absolute atomic E-state index is 12.1. The van der Waals surface area contributed by atoms with Gasteiger partial charge in [-0.25, -0.2) is 4.98 Å². The number of nitrogens with zero attached hydrogens (tertiary/aromatic N) is 1. The molecule has 3 rings (SSSR count). The predicted octanol–water partition coefficient (Wildman–Crippen LogP) is 4.97. The number of thioether (sulfide) groups is 1. The second-order valence-electron chi connectivity index (χ2n) is 5.81. The van der Waals surface area contributed by atoms with Gasteiger partial charge in [0.2, 0.25) is 5.91 Å². The third-order valence-corrected chi connectivity index (χ3v) is 4.75. The first-order chi connectivity index (χ1) is 11.6. The number of carbonyl (C=O) groups excluding carboxylic acids is 1. The van der Waals surface area contributed by atoms with Crippen molar-refractivity contribution in [3.63, 3.8) is 0 Å². The lowest BCUT2D eigenvalue weighted by molar-refractivity contribution is -0.115. The summed E-state index contributed by atoms with van der Waals surface area (Å²) in [5.74, 6) is 0.749. The van der Waals surface area contributed by atoms with E-state index >= 15 is 0 Å². The molecule has 0 saturated carbocycles. The highest BCUT2D eigenvalue weighted by Crippen LogP contribution is 2.21. The largest absolute Gasteiger partial charge is 0.326 e. The van der Waals surface area contributed by atoms with Crippen molar-refractivity contribution < 1.29 is 4.79 Å². The van der Waals surface area contributed by atoms with E-state index in [9.17, 15) is 4.79 Å². The van der Waals surface area contributed by atoms with E-state index in [1.165, 1.54) is 0 Å². The van der Waals surface area contributed by atoms with E-state index in [2.05, 4.69) is 22.4 Å². The molecule has 0 spiro atoms. The molecule has 0 aliphatic carbocycles. The summed E-state index contributed by atoms with van der Waals surface area (Å²) in [5.41, 5.74) is 4.11. The van der Waals surface area contributed by atoms with Gasteiger partial charge in [0.1, 0.15) is 0 Å². The van der Waals surface area contributed by atoms with Crippen LogP contribution < -0.4 is 5.32 Å². The van der Waals surface area contributed by atoms with Crippen molar-refractivity contribution in [1.29, 1.82) is 0 Å². The monoisotopic (exact) mass is 336 g/mol. The molecular formula is C20H20N2OS. The van der Waals surface area contributed by atoms with Gasteiger partial charge in [-0.1, -0.05) is 36.4 Å². The predicted molar refractivity (Wildman–Crippen MR) is 102 cm³/mol. The summed E-state index contributed by atoms with van der Waals surface area (Å²) in [6.45, 7) is 4.03. The number of carbonyl (C=O) groups is 1. The molecule has 3 aromatic rings. The van der Waals surface area contributed by atoms with Gasteiger partial charge < -0.3 is 5.32 Å². The van der Waals surface area contributed by atoms with Crippen molar-refractivity contribution >= 4 is 34.3 Å². The molecule has 1 aromatic heterocycles. The van der Waals surface area contributed by atoms with Gasteiger partial charge in [-0.15, -0.1) is 11.8 Å². The van der Waals surface area contributed by atoms with Gasteiger partial charge in [0.05, 0.1) is 10.5 Å². The maximum Gasteiger partial charge on any atom is 0.225 e. The number of aryl methyl sites for hydroxylation is 2. The smallest absolute Gasteiger partial charge is 0.225 e. The van der Waals surface area contributed by atoms with E-state index < -0.39 is 0 Å². The fraction of sp³-hybridized carbons (Fsp3) is 0.200. The van der Waals surface area contributed by atoms with Gasteiger partial charge in [0.25, 0.3) is 0 Å². The molecule has 1 N–H and O–H groups in total. The zero-order valence-corrected chi connectivity index (χ0v) is 14.7. The third-order valence-electron chi connectivity index (χ3n) is 3.82. The van der Waals surface area contributed by atoms with Crippen LogP contribution in [0.15, 0.2) is 59.6 Å². The summed E-state index contributed by atoms with van der Waals surface area (Å²) in [6.07, 6.45) is 0.465. The minimum absolute atomic E-state index is 0.0389. The van der Waals surface area contributed by atoms with Crippen LogP contribution in [0.3, 0.4) is 0 Å². The van der Waals surface area contributed by atoms with E-state index in [4.69, 9.17) is 0 Å². The molecule has 0 radical (unpaired) electrons. The van der Waals surface area contributed by atoms with Crippen LogP contribution in [0.5, 0.6) is 0 Å². The average Bonchev–Trinajstić information content (AvgIpc) is 2.58. The Morgan fingerprint density at radius 1 is 1.08 bits per heavy atom. The number of hydrogen-bond acceptors (Lipinski definition) is 3. The van der Waals surface area contributed by atoms with Gasteiger partial charge in [-0.2, -0.15) is 0 Å². The molecule has 0 unspecified atom stereocenters. The van der Waals surface area contributed by atoms with Gasteiger partial charge in [0.15, 0.2) is 0 Å². The van der Waals surface area contributed by atoms with Crippen molar-refractivity contribution in [3.8, 4) is 0 Å². The van der Waals surface area contributed by atoms with Crippen LogP contribution in [0.4, 0.5) is 5.69 Å². The Kier molecular flexibility index (Phi) is 5.16. The summed E-state index contributed by atoms with van der Waals surface area (Å²) >= 11 is 1.61. The van der Waals surface area contributed by atoms with Gasteiger partial charge in [0, 0.05) is 23.2 Å². The van der Waals surface area contributed by atoms with Crippen molar-refractivity contribution in [2.45, 2.75) is 25.3 Å². The molecule has 1 amide bonds. The first-order valence-electron chi connectivity index (χ1n) is 7.97. The lowest BCUT2D eigenvalue weighted by Gasteiger charge is -2.09. The maximum atomic E-state index is 12.1. The Balaban J connectivity index is 1.55. The molecule has 2 aromatic carbocycles. The van der Waals surface area contributed by atoms with E-state index in [-0.39, 0.29) is 5.91 Å². The van der Waals surface area contributed by atoms with Crippen LogP contribution in [-0.4, -0.2) is 16.6 Å². The van der Waals surface area contributed by atoms with E-state index in [0.29, 0.717) is 12.2 Å². The van der Waals surface area contributed by atoms with Gasteiger partial charge in [-0.3, -0.25) is 4.79 Å². The average molecular weight is 336 g/mol. The molecular weight excluding hydrogens is 316 g/mol. The lowest BCUT2D eigenvalue weighted by Crippen LogP contribution is -2.13. The van der Waals surface area contributed by atoms with Crippen LogP contribution >= 0.6 is 11.8 Å². The highest BCUT2D eigenvalue weighted by molar-refractivity contribution is 7.99. The van der Waals surface area contributed by atoms with Crippen LogP contribution in [0.25, 0.3) is 10.9 Å². The third kappa shape index (κ3) is 4.15. The number of aromatic nitrogens is 1. The van der Waals surface area contributed by atoms with Crippen molar-refractivity contribution in [2.75, 3.05) is 11.1 Å². The highest BCUT2D eigenvalue weighted by Gasteiger charge is 2.06. The number of rotatable bonds is 5. The molecule has 1 heterocycles. The summed E-state index contributed by atoms with van der Waals surface area (Å²) in [5, 5.41) is 5.08. The van der Waals surface area contributed by atoms with Crippen molar-refractivity contribution in [2.24, 2.45) is 0 Å². The quantitative estimate of drug-likeness (QED) is 0.669. The minimum Gasteiger partial charge on any atom is -0.326 e. The Morgan fingerprint density at radius 2 is 1.92 bits per heavy atom. The highest BCUT2D eigenvalue weighted by atomic mass is 32.2. The zero-order chi connectivity index (χ0) is 16.9. The first-order valence-corrected chi connectivity index (χ1v) is 8.96. The molecule has 0 fully saturated rings. The zero-order valence-electron chi connectivity index (χ0n) is 13.9. The number of para-hydroxylation sites is 1. The van der Waals surface area contributed by atoms with Gasteiger partial charge in [-0.05, 0) is 43.2 Å². The summed E-state index contributed by atoms with van der Waals surface area (Å²) in [4.78, 5) is 16.7. The van der Waals surface area contributed by atoms with Crippen LogP contribution in [-0.2, 0) is 4.79 Å². The van der Waals surface area contributed by atoms with Gasteiger partial charge >= 0.3 is 0 Å². The molecule has 0 saturated heterocycles. The molecule has 0 aliphatic heterocycles. The number of fused-ring (bicyclic) bond motifs is 1. The van der Waals surface area contributed by atoms with Crippen LogP contribution in [0.1, 0.15) is 17.5 Å². The van der Waals surface area contributed by atoms with Crippen LogP contribution in [0, 0.1) is 13.8 Å². The first kappa shape index (κ1) is 16.5. The second kappa shape index (κ2) is 7.49. The standard InChI is InChI=1S/C20H20N2OS/c1-14-7-8-15(2)18(13-14)21-19(23)11-12-24-20-10-9-16-5-3-4-6-17(16)22-20/h3-10,13H,11-12H2,1-2H3,(H,21,23). The number of hydrogen-bond donors (Lipinski definition) is 1. The molecule has 0 aliphatic rings. The van der Waals surface area contributed by atoms with Crippen molar-refractivity contribution in [3.05, 3.63) is 65.7 Å². The Labute approximate surface area is 146 Å². The summed E-state index contributed by atoms with van der Waals surface area (Å²) < 4.78 is 0. The minimum atomic E-state index is 0.0389. The Bertz CT molecular complexity index is 876. The molecule has 122 valence electrons. The number of benzene rings is 2. The van der Waals surface area contributed by atoms with E-state index in [1.54, 1.807) is 11.8 Å². The molecule has 4 heteroatoms. The van der Waals surface area contributed by atoms with Crippen molar-refractivity contribution in [1.82, 2.24) is 4.98 Å². The fourth-order valence-corrected chi connectivity index (χ4v) is 3.28. The normalized spacial score (nSPS) is 10.8. The number of pyridine rings is 1. The van der Waals surface area contributed by atoms with E-state index in [0.717, 1.165) is 32.7 Å². The second-order valence-corrected chi connectivity index (χ2v) is 6.92. The fourth-order valence-electron chi connectivity index (χ4n) is 2.46. The molecule has 0 atom stereocenters. The number of nitrogens with one attached hydrogen (secondary N) is 1. The van der Waals surface area contributed by atoms with E-state index in [1.807, 2.05) is 56.3 Å². The molecule has 0 bridgehead atoms. The number of amides is 1. The summed E-state index contributed by atoms with van der Waals surface area (Å²) in [6, 6.07) is 18.2. The number of anilines is 1. The topological polar surface area (TPSA) is 42.0 Å². The Morgan fingerprint density at radius 3 is 2.79 bits per heavy atom. The lowest BCUT2D eigenvalue weighted by atomic mass is 10.1. The summed E-state index contributed by atoms with van der Waals surface area (Å²) in [7, 11) is 0.